The topological polar surface area (TPSA) is 24.4 Å². The van der Waals surface area contributed by atoms with Crippen molar-refractivity contribution in [1.29, 1.82) is 0 Å². The minimum atomic E-state index is -0.183. The highest BCUT2D eigenvalue weighted by molar-refractivity contribution is 8.14. The van der Waals surface area contributed by atoms with Gasteiger partial charge in [-0.1, -0.05) is 30.8 Å². The summed E-state index contributed by atoms with van der Waals surface area (Å²) in [7, 11) is 0. The van der Waals surface area contributed by atoms with Crippen LogP contribution in [0.5, 0.6) is 0 Å². The molecule has 1 aliphatic heterocycles. The summed E-state index contributed by atoms with van der Waals surface area (Å²) in [5, 5.41) is 5.07. The van der Waals surface area contributed by atoms with Gasteiger partial charge in [0.25, 0.3) is 0 Å². The van der Waals surface area contributed by atoms with E-state index < -0.39 is 0 Å². The average Bonchev–Trinajstić information content (AvgIpc) is 2.30. The molecule has 2 nitrogen and oxygen atoms in total. The molecule has 0 amide bonds. The van der Waals surface area contributed by atoms with Crippen LogP contribution in [0.15, 0.2) is 29.3 Å². The van der Waals surface area contributed by atoms with Crippen LogP contribution in [0.4, 0.5) is 4.39 Å². The molecule has 1 N–H and O–H groups in total. The number of amidine groups is 1. The van der Waals surface area contributed by atoms with Crippen molar-refractivity contribution in [2.75, 3.05) is 6.54 Å². The van der Waals surface area contributed by atoms with Gasteiger partial charge in [-0.3, -0.25) is 4.99 Å². The van der Waals surface area contributed by atoms with Crippen LogP contribution in [0.25, 0.3) is 0 Å². The summed E-state index contributed by atoms with van der Waals surface area (Å²) in [5.41, 5.74) is 1.13. The lowest BCUT2D eigenvalue weighted by atomic mass is 10.1. The van der Waals surface area contributed by atoms with Gasteiger partial charge >= 0.3 is 0 Å². The Morgan fingerprint density at radius 3 is 2.72 bits per heavy atom. The van der Waals surface area contributed by atoms with Crippen LogP contribution in [0.1, 0.15) is 25.8 Å². The van der Waals surface area contributed by atoms with E-state index in [4.69, 9.17) is 0 Å². The fourth-order valence-electron chi connectivity index (χ4n) is 2.06. The van der Waals surface area contributed by atoms with Gasteiger partial charge < -0.3 is 5.32 Å². The molecule has 1 aliphatic rings. The second-order valence-electron chi connectivity index (χ2n) is 4.77. The van der Waals surface area contributed by atoms with E-state index in [-0.39, 0.29) is 5.82 Å². The van der Waals surface area contributed by atoms with Gasteiger partial charge in [-0.25, -0.2) is 4.39 Å². The van der Waals surface area contributed by atoms with Crippen molar-refractivity contribution in [3.63, 3.8) is 0 Å². The number of rotatable bonds is 3. The summed E-state index contributed by atoms with van der Waals surface area (Å²) in [6.07, 6.45) is 2.04. The van der Waals surface area contributed by atoms with Crippen LogP contribution in [-0.4, -0.2) is 23.0 Å². The van der Waals surface area contributed by atoms with Crippen molar-refractivity contribution in [2.45, 2.75) is 38.0 Å². The van der Waals surface area contributed by atoms with Crippen molar-refractivity contribution in [1.82, 2.24) is 5.32 Å². The van der Waals surface area contributed by atoms with Gasteiger partial charge in [-0.15, -0.1) is 0 Å². The summed E-state index contributed by atoms with van der Waals surface area (Å²) in [4.78, 5) is 4.58. The van der Waals surface area contributed by atoms with Crippen molar-refractivity contribution in [3.05, 3.63) is 35.6 Å². The number of aliphatic imine (C=N–C) groups is 1. The fraction of sp³-hybridized carbons (Fsp3) is 0.500. The van der Waals surface area contributed by atoms with E-state index >= 15 is 0 Å². The minimum absolute atomic E-state index is 0.183. The van der Waals surface area contributed by atoms with E-state index in [9.17, 15) is 4.39 Å². The van der Waals surface area contributed by atoms with E-state index in [0.717, 1.165) is 23.7 Å². The van der Waals surface area contributed by atoms with E-state index in [1.165, 1.54) is 18.6 Å². The molecule has 2 rings (SSSR count). The first kappa shape index (κ1) is 13.4. The van der Waals surface area contributed by atoms with Gasteiger partial charge in [0.1, 0.15) is 5.82 Å². The monoisotopic (exact) mass is 266 g/mol. The molecule has 98 valence electrons. The second kappa shape index (κ2) is 6.23. The van der Waals surface area contributed by atoms with Gasteiger partial charge in [0.15, 0.2) is 5.17 Å². The second-order valence-corrected chi connectivity index (χ2v) is 6.20. The highest BCUT2D eigenvalue weighted by atomic mass is 32.2. The molecule has 1 heterocycles. The molecule has 0 aliphatic carbocycles. The van der Waals surface area contributed by atoms with E-state index in [2.05, 4.69) is 24.2 Å². The molecule has 4 heteroatoms. The van der Waals surface area contributed by atoms with Crippen molar-refractivity contribution < 1.29 is 4.39 Å². The number of hydrogen-bond donors (Lipinski definition) is 1. The van der Waals surface area contributed by atoms with Crippen LogP contribution in [0.3, 0.4) is 0 Å². The van der Waals surface area contributed by atoms with Gasteiger partial charge in [0.2, 0.25) is 0 Å². The third kappa shape index (κ3) is 4.02. The molecule has 0 aromatic heterocycles. The van der Waals surface area contributed by atoms with E-state index in [1.807, 2.05) is 12.1 Å². The summed E-state index contributed by atoms with van der Waals surface area (Å²) in [6.45, 7) is 5.17. The quantitative estimate of drug-likeness (QED) is 0.908. The first-order valence-electron chi connectivity index (χ1n) is 6.35. The SMILES string of the molecule is CC1CC(C)SC(=NCCc2ccc(F)cc2)N1. The van der Waals surface area contributed by atoms with Crippen LogP contribution < -0.4 is 5.32 Å². The molecule has 2 unspecified atom stereocenters. The van der Waals surface area contributed by atoms with Crippen LogP contribution >= 0.6 is 11.8 Å². The van der Waals surface area contributed by atoms with Crippen molar-refractivity contribution >= 4 is 16.9 Å². The zero-order valence-corrected chi connectivity index (χ0v) is 11.6. The zero-order chi connectivity index (χ0) is 13.0. The lowest BCUT2D eigenvalue weighted by Gasteiger charge is -2.26. The molecular weight excluding hydrogens is 247 g/mol. The number of halogens is 1. The maximum atomic E-state index is 12.7. The minimum Gasteiger partial charge on any atom is -0.362 e. The van der Waals surface area contributed by atoms with Crippen LogP contribution in [0.2, 0.25) is 0 Å². The van der Waals surface area contributed by atoms with Crippen LogP contribution in [0, 0.1) is 5.82 Å². The number of hydrogen-bond acceptors (Lipinski definition) is 2. The van der Waals surface area contributed by atoms with Gasteiger partial charge in [-0.05, 0) is 37.5 Å². The smallest absolute Gasteiger partial charge is 0.157 e. The Labute approximate surface area is 112 Å². The summed E-state index contributed by atoms with van der Waals surface area (Å²) in [6, 6.07) is 7.15. The predicted molar refractivity (Wildman–Crippen MR) is 76.7 cm³/mol. The number of benzene rings is 1. The molecule has 2 atom stereocenters. The summed E-state index contributed by atoms with van der Waals surface area (Å²) in [5.74, 6) is -0.183. The molecule has 1 fully saturated rings. The zero-order valence-electron chi connectivity index (χ0n) is 10.8. The van der Waals surface area contributed by atoms with E-state index in [1.54, 1.807) is 11.8 Å². The summed E-state index contributed by atoms with van der Waals surface area (Å²) >= 11 is 1.81. The molecule has 0 bridgehead atoms. The highest BCUT2D eigenvalue weighted by Crippen LogP contribution is 2.22. The normalized spacial score (nSPS) is 26.1. The Morgan fingerprint density at radius 2 is 2.06 bits per heavy atom. The Kier molecular flexibility index (Phi) is 4.64. The van der Waals surface area contributed by atoms with Gasteiger partial charge in [0, 0.05) is 17.8 Å². The van der Waals surface area contributed by atoms with Gasteiger partial charge in [-0.2, -0.15) is 0 Å². The first-order chi connectivity index (χ1) is 8.63. The van der Waals surface area contributed by atoms with E-state index in [0.29, 0.717) is 11.3 Å². The molecule has 1 saturated heterocycles. The Hall–Kier alpha value is -1.03. The Morgan fingerprint density at radius 1 is 1.33 bits per heavy atom. The molecule has 0 radical (unpaired) electrons. The lowest BCUT2D eigenvalue weighted by molar-refractivity contribution is 0.597. The number of nitrogens with zero attached hydrogens (tertiary/aromatic N) is 1. The summed E-state index contributed by atoms with van der Waals surface area (Å²) < 4.78 is 12.7. The lowest BCUT2D eigenvalue weighted by Crippen LogP contribution is -2.38. The number of thioether (sulfide) groups is 1. The van der Waals surface area contributed by atoms with Crippen LogP contribution in [-0.2, 0) is 6.42 Å². The maximum absolute atomic E-state index is 12.7. The average molecular weight is 266 g/mol. The molecule has 1 aromatic carbocycles. The number of nitrogens with one attached hydrogen (secondary N) is 1. The highest BCUT2D eigenvalue weighted by Gasteiger charge is 2.19. The largest absolute Gasteiger partial charge is 0.362 e. The Balaban J connectivity index is 1.85. The fourth-order valence-corrected chi connectivity index (χ4v) is 3.26. The molecule has 0 spiro atoms. The maximum Gasteiger partial charge on any atom is 0.157 e. The Bertz CT molecular complexity index is 404. The molecular formula is C14H19FN2S. The molecule has 0 saturated carbocycles. The predicted octanol–water partition coefficient (Wildman–Crippen LogP) is 3.23. The van der Waals surface area contributed by atoms with Gasteiger partial charge in [0.05, 0.1) is 0 Å². The molecule has 18 heavy (non-hydrogen) atoms. The third-order valence-corrected chi connectivity index (χ3v) is 4.00. The van der Waals surface area contributed by atoms with Crippen molar-refractivity contribution in [2.24, 2.45) is 4.99 Å². The molecule has 1 aromatic rings. The standard InChI is InChI=1S/C14H19FN2S/c1-10-9-11(2)18-14(17-10)16-8-7-12-3-5-13(15)6-4-12/h3-6,10-11H,7-9H2,1-2H3,(H,16,17). The first-order valence-corrected chi connectivity index (χ1v) is 7.23. The van der Waals surface area contributed by atoms with Crippen molar-refractivity contribution in [3.8, 4) is 0 Å². The third-order valence-electron chi connectivity index (χ3n) is 2.94.